The van der Waals surface area contributed by atoms with Gasteiger partial charge < -0.3 is 5.11 Å². The summed E-state index contributed by atoms with van der Waals surface area (Å²) in [4.78, 5) is 24.0. The fourth-order valence-electron chi connectivity index (χ4n) is 1.24. The largest absolute Gasteiger partial charge is 0.478 e. The van der Waals surface area contributed by atoms with Crippen LogP contribution < -0.4 is 11.0 Å². The Hall–Kier alpha value is -3.03. The van der Waals surface area contributed by atoms with Crippen LogP contribution in [0.2, 0.25) is 0 Å². The molecule has 0 saturated heterocycles. The number of anilines is 1. The molecule has 0 saturated carbocycles. The van der Waals surface area contributed by atoms with Gasteiger partial charge in [-0.15, -0.1) is 10.2 Å². The number of aromatic amines is 1. The summed E-state index contributed by atoms with van der Waals surface area (Å²) in [7, 11) is 0. The average molecular weight is 259 g/mol. The van der Waals surface area contributed by atoms with Crippen molar-refractivity contribution in [2.75, 3.05) is 5.43 Å². The molecule has 0 unspecified atom stereocenters. The number of carbonyl (C=O) groups is 1. The molecule has 96 valence electrons. The molecule has 0 spiro atoms. The van der Waals surface area contributed by atoms with E-state index in [0.29, 0.717) is 5.56 Å². The number of carboxylic acid groups (broad SMARTS) is 1. The molecule has 2 rings (SSSR count). The van der Waals surface area contributed by atoms with Crippen molar-refractivity contribution in [1.29, 1.82) is 0 Å². The molecule has 0 amide bonds. The van der Waals surface area contributed by atoms with Crippen LogP contribution >= 0.6 is 0 Å². The van der Waals surface area contributed by atoms with Crippen LogP contribution in [0.25, 0.3) is 0 Å². The van der Waals surface area contributed by atoms with Crippen molar-refractivity contribution in [3.8, 4) is 0 Å². The van der Waals surface area contributed by atoms with Gasteiger partial charge in [0.1, 0.15) is 6.20 Å². The molecule has 0 radical (unpaired) electrons. The second-order valence-electron chi connectivity index (χ2n) is 3.48. The summed E-state index contributed by atoms with van der Waals surface area (Å²) < 4.78 is 0. The number of carboxylic acids is 1. The molecule has 1 aromatic heterocycles. The lowest BCUT2D eigenvalue weighted by molar-refractivity contribution is 0.0697. The zero-order chi connectivity index (χ0) is 13.7. The summed E-state index contributed by atoms with van der Waals surface area (Å²) in [5.74, 6) is -0.871. The molecule has 3 N–H and O–H groups in total. The first-order valence-electron chi connectivity index (χ1n) is 5.19. The maximum atomic E-state index is 10.9. The summed E-state index contributed by atoms with van der Waals surface area (Å²) >= 11 is 0. The number of benzene rings is 1. The van der Waals surface area contributed by atoms with Gasteiger partial charge in [-0.1, -0.05) is 12.1 Å². The lowest BCUT2D eigenvalue weighted by Gasteiger charge is -1.97. The van der Waals surface area contributed by atoms with E-state index in [-0.39, 0.29) is 11.5 Å². The number of rotatable bonds is 4. The van der Waals surface area contributed by atoms with E-state index in [1.165, 1.54) is 18.3 Å². The normalized spacial score (nSPS) is 10.5. The van der Waals surface area contributed by atoms with Gasteiger partial charge in [-0.3, -0.25) is 9.78 Å². The molecular weight excluding hydrogens is 250 g/mol. The number of aromatic nitrogens is 3. The third-order valence-electron chi connectivity index (χ3n) is 2.12. The zero-order valence-corrected chi connectivity index (χ0v) is 9.57. The van der Waals surface area contributed by atoms with Gasteiger partial charge in [0.15, 0.2) is 0 Å². The van der Waals surface area contributed by atoms with Gasteiger partial charge in [-0.2, -0.15) is 5.10 Å². The third kappa shape index (κ3) is 3.46. The van der Waals surface area contributed by atoms with Crippen LogP contribution in [-0.4, -0.2) is 32.5 Å². The number of hydrazone groups is 1. The molecule has 2 aromatic rings. The van der Waals surface area contributed by atoms with Crippen molar-refractivity contribution in [3.63, 3.8) is 0 Å². The Balaban J connectivity index is 2.03. The standard InChI is InChI=1S/C11H9N5O3/c17-9-6-13-16-11(14-9)15-12-5-7-1-3-8(4-2-7)10(18)19/h1-6H,(H,18,19)(H2,14,15,16,17). The molecule has 0 aliphatic heterocycles. The summed E-state index contributed by atoms with van der Waals surface area (Å²) in [6.45, 7) is 0. The Morgan fingerprint density at radius 2 is 2.11 bits per heavy atom. The number of nitrogens with zero attached hydrogens (tertiary/aromatic N) is 3. The molecule has 8 nitrogen and oxygen atoms in total. The van der Waals surface area contributed by atoms with E-state index in [1.807, 2.05) is 0 Å². The lowest BCUT2D eigenvalue weighted by atomic mass is 10.1. The highest BCUT2D eigenvalue weighted by Gasteiger charge is 2.00. The van der Waals surface area contributed by atoms with Crippen molar-refractivity contribution in [2.45, 2.75) is 0 Å². The van der Waals surface area contributed by atoms with Crippen LogP contribution in [-0.2, 0) is 0 Å². The number of aromatic carboxylic acids is 1. The molecular formula is C11H9N5O3. The van der Waals surface area contributed by atoms with Crippen LogP contribution in [0.3, 0.4) is 0 Å². The Morgan fingerprint density at radius 3 is 2.74 bits per heavy atom. The first-order valence-corrected chi connectivity index (χ1v) is 5.19. The summed E-state index contributed by atoms with van der Waals surface area (Å²) in [5.41, 5.74) is 3.00. The summed E-state index contributed by atoms with van der Waals surface area (Å²) in [6.07, 6.45) is 2.50. The molecule has 1 aromatic carbocycles. The summed E-state index contributed by atoms with van der Waals surface area (Å²) in [5, 5.41) is 19.6. The first-order chi connectivity index (χ1) is 9.15. The van der Waals surface area contributed by atoms with Crippen LogP contribution in [0.15, 0.2) is 40.4 Å². The lowest BCUT2D eigenvalue weighted by Crippen LogP contribution is -2.10. The van der Waals surface area contributed by atoms with E-state index in [4.69, 9.17) is 5.11 Å². The van der Waals surface area contributed by atoms with E-state index in [2.05, 4.69) is 25.7 Å². The quantitative estimate of drug-likeness (QED) is 0.536. The van der Waals surface area contributed by atoms with Crippen LogP contribution in [0, 0.1) is 0 Å². The predicted molar refractivity (Wildman–Crippen MR) is 67.3 cm³/mol. The van der Waals surface area contributed by atoms with Crippen molar-refractivity contribution in [3.05, 3.63) is 51.9 Å². The summed E-state index contributed by atoms with van der Waals surface area (Å²) in [6, 6.07) is 6.14. The second-order valence-corrected chi connectivity index (χ2v) is 3.48. The van der Waals surface area contributed by atoms with Gasteiger partial charge in [0.2, 0.25) is 5.95 Å². The molecule has 19 heavy (non-hydrogen) atoms. The highest BCUT2D eigenvalue weighted by atomic mass is 16.4. The third-order valence-corrected chi connectivity index (χ3v) is 2.12. The van der Waals surface area contributed by atoms with Gasteiger partial charge in [0, 0.05) is 0 Å². The van der Waals surface area contributed by atoms with E-state index in [9.17, 15) is 9.59 Å². The van der Waals surface area contributed by atoms with Crippen molar-refractivity contribution >= 4 is 18.1 Å². The smallest absolute Gasteiger partial charge is 0.335 e. The number of nitrogens with one attached hydrogen (secondary N) is 2. The Bertz CT molecular complexity index is 663. The van der Waals surface area contributed by atoms with Crippen molar-refractivity contribution in [1.82, 2.24) is 15.2 Å². The Kier molecular flexibility index (Phi) is 3.62. The molecule has 0 atom stereocenters. The molecule has 0 aliphatic carbocycles. The van der Waals surface area contributed by atoms with Gasteiger partial charge in [0.25, 0.3) is 5.56 Å². The van der Waals surface area contributed by atoms with Crippen molar-refractivity contribution < 1.29 is 9.90 Å². The van der Waals surface area contributed by atoms with E-state index in [0.717, 1.165) is 6.20 Å². The van der Waals surface area contributed by atoms with Crippen LogP contribution in [0.1, 0.15) is 15.9 Å². The zero-order valence-electron chi connectivity index (χ0n) is 9.57. The minimum atomic E-state index is -0.987. The molecule has 8 heteroatoms. The minimum Gasteiger partial charge on any atom is -0.478 e. The fourth-order valence-corrected chi connectivity index (χ4v) is 1.24. The highest BCUT2D eigenvalue weighted by molar-refractivity contribution is 5.89. The number of hydrogen-bond donors (Lipinski definition) is 3. The number of H-pyrrole nitrogens is 1. The number of hydrogen-bond acceptors (Lipinski definition) is 6. The Morgan fingerprint density at radius 1 is 1.37 bits per heavy atom. The maximum absolute atomic E-state index is 10.9. The van der Waals surface area contributed by atoms with Gasteiger partial charge >= 0.3 is 5.97 Å². The molecule has 0 aliphatic rings. The molecule has 0 bridgehead atoms. The Labute approximate surface area is 106 Å². The van der Waals surface area contributed by atoms with Gasteiger partial charge in [-0.25, -0.2) is 10.2 Å². The minimum absolute atomic E-state index is 0.117. The average Bonchev–Trinajstić information content (AvgIpc) is 2.39. The van der Waals surface area contributed by atoms with Crippen LogP contribution in [0.5, 0.6) is 0 Å². The van der Waals surface area contributed by atoms with E-state index < -0.39 is 11.5 Å². The predicted octanol–water partition coefficient (Wildman–Crippen LogP) is 0.309. The van der Waals surface area contributed by atoms with E-state index >= 15 is 0 Å². The SMILES string of the molecule is O=C(O)c1ccc(C=NNc2nncc(=O)[nH]2)cc1. The fraction of sp³-hybridized carbons (Fsp3) is 0. The molecule has 0 fully saturated rings. The molecule has 1 heterocycles. The van der Waals surface area contributed by atoms with Crippen LogP contribution in [0.4, 0.5) is 5.95 Å². The second kappa shape index (κ2) is 5.54. The van der Waals surface area contributed by atoms with Crippen molar-refractivity contribution in [2.24, 2.45) is 5.10 Å². The topological polar surface area (TPSA) is 120 Å². The highest BCUT2D eigenvalue weighted by Crippen LogP contribution is 2.02. The van der Waals surface area contributed by atoms with E-state index in [1.54, 1.807) is 12.1 Å². The maximum Gasteiger partial charge on any atom is 0.335 e. The van der Waals surface area contributed by atoms with Gasteiger partial charge in [0.05, 0.1) is 11.8 Å². The monoisotopic (exact) mass is 259 g/mol. The van der Waals surface area contributed by atoms with Gasteiger partial charge in [-0.05, 0) is 17.7 Å². The first kappa shape index (κ1) is 12.4.